The maximum absolute atomic E-state index is 12.1. The highest BCUT2D eigenvalue weighted by Gasteiger charge is 2.34. The Morgan fingerprint density at radius 2 is 1.89 bits per heavy atom. The minimum absolute atomic E-state index is 0.0459. The Morgan fingerprint density at radius 3 is 2.42 bits per heavy atom. The first-order chi connectivity index (χ1) is 9.08. The van der Waals surface area contributed by atoms with Crippen LogP contribution in [0.4, 0.5) is 0 Å². The molecule has 1 heterocycles. The van der Waals surface area contributed by atoms with Crippen LogP contribution in [0.3, 0.4) is 0 Å². The van der Waals surface area contributed by atoms with Crippen LogP contribution in [-0.2, 0) is 9.59 Å². The molecular formula is C14H24N2O3. The monoisotopic (exact) mass is 268 g/mol. The SMILES string of the molecule is CN1CCC(C(=O)NC(C(=O)O)C2CCCCC2)C1. The summed E-state index contributed by atoms with van der Waals surface area (Å²) < 4.78 is 0. The minimum atomic E-state index is -0.883. The van der Waals surface area contributed by atoms with E-state index >= 15 is 0 Å². The first-order valence-electron chi connectivity index (χ1n) is 7.29. The van der Waals surface area contributed by atoms with Gasteiger partial charge in [-0.1, -0.05) is 19.3 Å². The zero-order valence-corrected chi connectivity index (χ0v) is 11.6. The predicted octanol–water partition coefficient (Wildman–Crippen LogP) is 1.09. The van der Waals surface area contributed by atoms with E-state index in [1.54, 1.807) is 0 Å². The number of hydrogen-bond acceptors (Lipinski definition) is 3. The molecule has 2 rings (SSSR count). The van der Waals surface area contributed by atoms with E-state index in [-0.39, 0.29) is 17.7 Å². The molecule has 2 unspecified atom stereocenters. The van der Waals surface area contributed by atoms with Crippen LogP contribution in [0.5, 0.6) is 0 Å². The Labute approximate surface area is 114 Å². The first kappa shape index (κ1) is 14.3. The lowest BCUT2D eigenvalue weighted by molar-refractivity contribution is -0.144. The molecule has 0 aromatic rings. The van der Waals surface area contributed by atoms with Crippen molar-refractivity contribution in [2.45, 2.75) is 44.6 Å². The van der Waals surface area contributed by atoms with Gasteiger partial charge in [0.25, 0.3) is 0 Å². The number of amides is 1. The van der Waals surface area contributed by atoms with E-state index in [0.717, 1.165) is 45.2 Å². The van der Waals surface area contributed by atoms with Gasteiger partial charge >= 0.3 is 5.97 Å². The Bertz CT molecular complexity index is 340. The van der Waals surface area contributed by atoms with Crippen molar-refractivity contribution >= 4 is 11.9 Å². The molecule has 19 heavy (non-hydrogen) atoms. The van der Waals surface area contributed by atoms with Gasteiger partial charge in [0, 0.05) is 6.54 Å². The lowest BCUT2D eigenvalue weighted by atomic mass is 9.83. The molecule has 2 fully saturated rings. The number of nitrogens with zero attached hydrogens (tertiary/aromatic N) is 1. The summed E-state index contributed by atoms with van der Waals surface area (Å²) in [5, 5.41) is 12.1. The number of carboxylic acid groups (broad SMARTS) is 1. The van der Waals surface area contributed by atoms with Crippen LogP contribution >= 0.6 is 0 Å². The van der Waals surface area contributed by atoms with Crippen LogP contribution in [0, 0.1) is 11.8 Å². The number of carboxylic acids is 1. The molecule has 0 aromatic heterocycles. The van der Waals surface area contributed by atoms with Gasteiger partial charge < -0.3 is 15.3 Å². The molecule has 2 N–H and O–H groups in total. The third kappa shape index (κ3) is 3.69. The van der Waals surface area contributed by atoms with E-state index in [4.69, 9.17) is 0 Å². The van der Waals surface area contributed by atoms with Gasteiger partial charge in [0.05, 0.1) is 5.92 Å². The lowest BCUT2D eigenvalue weighted by Gasteiger charge is -2.28. The Morgan fingerprint density at radius 1 is 1.21 bits per heavy atom. The Hall–Kier alpha value is -1.10. The largest absolute Gasteiger partial charge is 0.480 e. The molecule has 5 heteroatoms. The van der Waals surface area contributed by atoms with E-state index in [1.165, 1.54) is 6.42 Å². The molecular weight excluding hydrogens is 244 g/mol. The molecule has 1 aliphatic heterocycles. The van der Waals surface area contributed by atoms with Crippen molar-refractivity contribution in [3.63, 3.8) is 0 Å². The fraction of sp³-hybridized carbons (Fsp3) is 0.857. The molecule has 0 spiro atoms. The average molecular weight is 268 g/mol. The molecule has 1 saturated carbocycles. The number of hydrogen-bond donors (Lipinski definition) is 2. The van der Waals surface area contributed by atoms with Crippen molar-refractivity contribution < 1.29 is 14.7 Å². The summed E-state index contributed by atoms with van der Waals surface area (Å²) in [4.78, 5) is 25.6. The van der Waals surface area contributed by atoms with Crippen LogP contribution < -0.4 is 5.32 Å². The molecule has 0 aromatic carbocycles. The maximum atomic E-state index is 12.1. The van der Waals surface area contributed by atoms with Gasteiger partial charge in [-0.15, -0.1) is 0 Å². The number of nitrogens with one attached hydrogen (secondary N) is 1. The number of likely N-dealkylation sites (tertiary alicyclic amines) is 1. The van der Waals surface area contributed by atoms with Gasteiger partial charge in [-0.3, -0.25) is 4.79 Å². The number of carbonyl (C=O) groups is 2. The van der Waals surface area contributed by atoms with Gasteiger partial charge in [-0.05, 0) is 38.8 Å². The summed E-state index contributed by atoms with van der Waals surface area (Å²) in [5.41, 5.74) is 0. The molecule has 1 amide bonds. The normalized spacial score (nSPS) is 27.1. The molecule has 5 nitrogen and oxygen atoms in total. The summed E-state index contributed by atoms with van der Waals surface area (Å²) in [6.45, 7) is 1.65. The van der Waals surface area contributed by atoms with E-state index in [9.17, 15) is 14.7 Å². The second kappa shape index (κ2) is 6.37. The Kier molecular flexibility index (Phi) is 4.80. The predicted molar refractivity (Wildman–Crippen MR) is 71.7 cm³/mol. The quantitative estimate of drug-likeness (QED) is 0.800. The summed E-state index contributed by atoms with van der Waals surface area (Å²) in [5.74, 6) is -0.904. The van der Waals surface area contributed by atoms with Crippen LogP contribution in [0.2, 0.25) is 0 Å². The third-order valence-electron chi connectivity index (χ3n) is 4.45. The second-order valence-electron chi connectivity index (χ2n) is 5.97. The molecule has 108 valence electrons. The van der Waals surface area contributed by atoms with Crippen molar-refractivity contribution in [1.29, 1.82) is 0 Å². The van der Waals surface area contributed by atoms with Gasteiger partial charge in [0.1, 0.15) is 6.04 Å². The highest BCUT2D eigenvalue weighted by Crippen LogP contribution is 2.27. The minimum Gasteiger partial charge on any atom is -0.480 e. The zero-order valence-electron chi connectivity index (χ0n) is 11.6. The van der Waals surface area contributed by atoms with Crippen molar-refractivity contribution in [3.8, 4) is 0 Å². The van der Waals surface area contributed by atoms with E-state index in [0.29, 0.717) is 0 Å². The number of carbonyl (C=O) groups excluding carboxylic acids is 1. The van der Waals surface area contributed by atoms with Gasteiger partial charge in [0.2, 0.25) is 5.91 Å². The molecule has 1 aliphatic carbocycles. The third-order valence-corrected chi connectivity index (χ3v) is 4.45. The zero-order chi connectivity index (χ0) is 13.8. The van der Waals surface area contributed by atoms with Crippen LogP contribution in [0.25, 0.3) is 0 Å². The van der Waals surface area contributed by atoms with Crippen molar-refractivity contribution in [2.75, 3.05) is 20.1 Å². The summed E-state index contributed by atoms with van der Waals surface area (Å²) in [6.07, 6.45) is 6.01. The van der Waals surface area contributed by atoms with Gasteiger partial charge in [-0.25, -0.2) is 4.79 Å². The van der Waals surface area contributed by atoms with Crippen molar-refractivity contribution in [2.24, 2.45) is 11.8 Å². The fourth-order valence-electron chi connectivity index (χ4n) is 3.27. The van der Waals surface area contributed by atoms with Crippen molar-refractivity contribution in [3.05, 3.63) is 0 Å². The van der Waals surface area contributed by atoms with E-state index in [1.807, 2.05) is 7.05 Å². The summed E-state index contributed by atoms with van der Waals surface area (Å²) >= 11 is 0. The average Bonchev–Trinajstić information content (AvgIpc) is 2.83. The van der Waals surface area contributed by atoms with E-state index in [2.05, 4.69) is 10.2 Å². The highest BCUT2D eigenvalue weighted by molar-refractivity contribution is 5.85. The maximum Gasteiger partial charge on any atom is 0.326 e. The molecule has 0 radical (unpaired) electrons. The van der Waals surface area contributed by atoms with Gasteiger partial charge in [0.15, 0.2) is 0 Å². The second-order valence-corrected chi connectivity index (χ2v) is 5.97. The number of aliphatic carboxylic acids is 1. The molecule has 2 aliphatic rings. The van der Waals surface area contributed by atoms with Crippen LogP contribution in [0.1, 0.15) is 38.5 Å². The first-order valence-corrected chi connectivity index (χ1v) is 7.29. The van der Waals surface area contributed by atoms with Crippen molar-refractivity contribution in [1.82, 2.24) is 10.2 Å². The van der Waals surface area contributed by atoms with E-state index < -0.39 is 12.0 Å². The summed E-state index contributed by atoms with van der Waals surface area (Å²) in [7, 11) is 1.99. The van der Waals surface area contributed by atoms with Crippen LogP contribution in [-0.4, -0.2) is 48.1 Å². The highest BCUT2D eigenvalue weighted by atomic mass is 16.4. The topological polar surface area (TPSA) is 69.6 Å². The smallest absolute Gasteiger partial charge is 0.326 e. The molecule has 2 atom stereocenters. The fourth-order valence-corrected chi connectivity index (χ4v) is 3.27. The summed E-state index contributed by atoms with van der Waals surface area (Å²) in [6, 6.07) is -0.696. The van der Waals surface area contributed by atoms with Gasteiger partial charge in [-0.2, -0.15) is 0 Å². The Balaban J connectivity index is 1.92. The standard InChI is InChI=1S/C14H24N2O3/c1-16-8-7-11(9-16)13(17)15-12(14(18)19)10-5-3-2-4-6-10/h10-12H,2-9H2,1H3,(H,15,17)(H,18,19). The molecule has 0 bridgehead atoms. The van der Waals surface area contributed by atoms with Crippen LogP contribution in [0.15, 0.2) is 0 Å². The molecule has 1 saturated heterocycles. The lowest BCUT2D eigenvalue weighted by Crippen LogP contribution is -2.48. The number of rotatable bonds is 4.